The van der Waals surface area contributed by atoms with E-state index in [9.17, 15) is 19.7 Å². The summed E-state index contributed by atoms with van der Waals surface area (Å²) in [5.41, 5.74) is 0.256. The first-order chi connectivity index (χ1) is 11.4. The van der Waals surface area contributed by atoms with E-state index in [1.807, 2.05) is 0 Å². The lowest BCUT2D eigenvalue weighted by molar-refractivity contribution is -0.384. The van der Waals surface area contributed by atoms with Crippen LogP contribution in [0.3, 0.4) is 0 Å². The molecule has 1 N–H and O–H groups in total. The van der Waals surface area contributed by atoms with E-state index in [2.05, 4.69) is 10.3 Å². The number of ether oxygens (including phenoxy) is 1. The smallest absolute Gasteiger partial charge is 0.340 e. The number of aryl methyl sites for hydroxylation is 1. The number of carbonyl (C=O) groups is 2. The van der Waals surface area contributed by atoms with Gasteiger partial charge in [-0.2, -0.15) is 0 Å². The van der Waals surface area contributed by atoms with Gasteiger partial charge in [0.15, 0.2) is 6.61 Å². The molecule has 0 aliphatic carbocycles. The highest BCUT2D eigenvalue weighted by atomic mass is 35.5. The van der Waals surface area contributed by atoms with Gasteiger partial charge in [-0.3, -0.25) is 14.9 Å². The van der Waals surface area contributed by atoms with Gasteiger partial charge >= 0.3 is 5.97 Å². The first-order valence-electron chi connectivity index (χ1n) is 6.71. The molecule has 1 aromatic carbocycles. The van der Waals surface area contributed by atoms with Gasteiger partial charge in [-0.15, -0.1) is 0 Å². The van der Waals surface area contributed by atoms with Gasteiger partial charge in [0.1, 0.15) is 5.82 Å². The molecule has 0 radical (unpaired) electrons. The van der Waals surface area contributed by atoms with E-state index in [0.29, 0.717) is 5.82 Å². The van der Waals surface area contributed by atoms with E-state index >= 15 is 0 Å². The van der Waals surface area contributed by atoms with Crippen LogP contribution in [-0.2, 0) is 9.53 Å². The molecule has 124 valence electrons. The number of rotatable bonds is 5. The number of non-ortho nitro benzene ring substituents is 1. The largest absolute Gasteiger partial charge is 0.452 e. The lowest BCUT2D eigenvalue weighted by Crippen LogP contribution is -2.22. The second kappa shape index (κ2) is 7.51. The normalized spacial score (nSPS) is 10.1. The summed E-state index contributed by atoms with van der Waals surface area (Å²) in [6.07, 6.45) is 1.51. The average Bonchev–Trinajstić information content (AvgIpc) is 2.55. The predicted molar refractivity (Wildman–Crippen MR) is 86.0 cm³/mol. The Morgan fingerprint density at radius 3 is 2.79 bits per heavy atom. The summed E-state index contributed by atoms with van der Waals surface area (Å²) >= 11 is 5.83. The fourth-order valence-corrected chi connectivity index (χ4v) is 1.97. The van der Waals surface area contributed by atoms with Crippen LogP contribution in [-0.4, -0.2) is 28.4 Å². The molecule has 0 unspecified atom stereocenters. The fraction of sp³-hybridized carbons (Fsp3) is 0.133. The second-order valence-corrected chi connectivity index (χ2v) is 5.12. The standard InChI is InChI=1S/C15H12ClN3O5/c1-9-3-2-6-17-14(9)18-13(20)8-24-15(21)11-7-10(19(22)23)4-5-12(11)16/h2-7H,8H2,1H3,(H,17,18,20). The molecule has 1 aromatic heterocycles. The average molecular weight is 350 g/mol. The summed E-state index contributed by atoms with van der Waals surface area (Å²) in [6.45, 7) is 1.19. The van der Waals surface area contributed by atoms with Gasteiger partial charge < -0.3 is 10.1 Å². The van der Waals surface area contributed by atoms with Crippen LogP contribution < -0.4 is 5.32 Å². The number of benzene rings is 1. The quantitative estimate of drug-likeness (QED) is 0.504. The lowest BCUT2D eigenvalue weighted by atomic mass is 10.2. The molecule has 1 heterocycles. The van der Waals surface area contributed by atoms with Crippen LogP contribution in [0.5, 0.6) is 0 Å². The van der Waals surface area contributed by atoms with E-state index in [1.165, 1.54) is 12.3 Å². The van der Waals surface area contributed by atoms with Gasteiger partial charge in [0, 0.05) is 18.3 Å². The van der Waals surface area contributed by atoms with E-state index in [-0.39, 0.29) is 16.3 Å². The molecule has 2 rings (SSSR count). The Morgan fingerprint density at radius 2 is 2.12 bits per heavy atom. The Labute approximate surface area is 141 Å². The third-order valence-corrected chi connectivity index (χ3v) is 3.31. The van der Waals surface area contributed by atoms with Gasteiger partial charge in [0.25, 0.3) is 11.6 Å². The number of nitro groups is 1. The number of aromatic nitrogens is 1. The maximum absolute atomic E-state index is 11.9. The van der Waals surface area contributed by atoms with Crippen LogP contribution in [0.25, 0.3) is 0 Å². The molecule has 0 aliphatic heterocycles. The van der Waals surface area contributed by atoms with E-state index in [0.717, 1.165) is 17.7 Å². The summed E-state index contributed by atoms with van der Waals surface area (Å²) in [6, 6.07) is 6.85. The molecule has 0 bridgehead atoms. The minimum Gasteiger partial charge on any atom is -0.452 e. The summed E-state index contributed by atoms with van der Waals surface area (Å²) in [7, 11) is 0. The number of esters is 1. The molecule has 0 aliphatic rings. The van der Waals surface area contributed by atoms with E-state index in [1.54, 1.807) is 19.1 Å². The number of amides is 1. The number of halogens is 1. The maximum atomic E-state index is 11.9. The molecule has 0 spiro atoms. The summed E-state index contributed by atoms with van der Waals surface area (Å²) < 4.78 is 4.83. The highest BCUT2D eigenvalue weighted by Crippen LogP contribution is 2.22. The summed E-state index contributed by atoms with van der Waals surface area (Å²) in [5, 5.41) is 13.2. The number of pyridine rings is 1. The van der Waals surface area contributed by atoms with E-state index in [4.69, 9.17) is 16.3 Å². The number of carbonyl (C=O) groups excluding carboxylic acids is 2. The lowest BCUT2D eigenvalue weighted by Gasteiger charge is -2.08. The number of nitro benzene ring substituents is 1. The first kappa shape index (κ1) is 17.4. The van der Waals surface area contributed by atoms with Crippen LogP contribution in [0.15, 0.2) is 36.5 Å². The molecule has 1 amide bonds. The minimum atomic E-state index is -0.934. The first-order valence-corrected chi connectivity index (χ1v) is 7.09. The Bertz CT molecular complexity index is 809. The van der Waals surface area contributed by atoms with Crippen molar-refractivity contribution in [2.75, 3.05) is 11.9 Å². The zero-order valence-corrected chi connectivity index (χ0v) is 13.2. The molecule has 2 aromatic rings. The Hall–Kier alpha value is -3.00. The summed E-state index contributed by atoms with van der Waals surface area (Å²) in [5.74, 6) is -1.17. The van der Waals surface area contributed by atoms with Gasteiger partial charge in [-0.05, 0) is 24.6 Å². The van der Waals surface area contributed by atoms with Crippen LogP contribution in [0.4, 0.5) is 11.5 Å². The zero-order chi connectivity index (χ0) is 17.7. The Balaban J connectivity index is 2.00. The zero-order valence-electron chi connectivity index (χ0n) is 12.5. The molecule has 0 fully saturated rings. The van der Waals surface area contributed by atoms with Crippen molar-refractivity contribution in [1.82, 2.24) is 4.98 Å². The number of nitrogens with zero attached hydrogens (tertiary/aromatic N) is 2. The SMILES string of the molecule is Cc1cccnc1NC(=O)COC(=O)c1cc([N+](=O)[O-])ccc1Cl. The molecular formula is C15H12ClN3O5. The highest BCUT2D eigenvalue weighted by molar-refractivity contribution is 6.33. The number of hydrogen-bond acceptors (Lipinski definition) is 6. The molecule has 0 saturated heterocycles. The maximum Gasteiger partial charge on any atom is 0.340 e. The van der Waals surface area contributed by atoms with Crippen LogP contribution in [0, 0.1) is 17.0 Å². The van der Waals surface area contributed by atoms with Crippen molar-refractivity contribution >= 4 is 35.0 Å². The van der Waals surface area contributed by atoms with E-state index < -0.39 is 23.4 Å². The highest BCUT2D eigenvalue weighted by Gasteiger charge is 2.18. The number of nitrogens with one attached hydrogen (secondary N) is 1. The van der Waals surface area contributed by atoms with Crippen molar-refractivity contribution in [3.63, 3.8) is 0 Å². The number of anilines is 1. The Morgan fingerprint density at radius 1 is 1.38 bits per heavy atom. The third-order valence-electron chi connectivity index (χ3n) is 2.98. The van der Waals surface area contributed by atoms with Gasteiger partial charge in [-0.1, -0.05) is 17.7 Å². The van der Waals surface area contributed by atoms with Crippen LogP contribution >= 0.6 is 11.6 Å². The van der Waals surface area contributed by atoms with Crippen LogP contribution in [0.2, 0.25) is 5.02 Å². The van der Waals surface area contributed by atoms with Crippen molar-refractivity contribution in [3.05, 3.63) is 62.8 Å². The van der Waals surface area contributed by atoms with Gasteiger partial charge in [0.2, 0.25) is 0 Å². The fourth-order valence-electron chi connectivity index (χ4n) is 1.78. The van der Waals surface area contributed by atoms with Crippen molar-refractivity contribution in [2.45, 2.75) is 6.92 Å². The molecular weight excluding hydrogens is 338 g/mol. The Kier molecular flexibility index (Phi) is 5.43. The summed E-state index contributed by atoms with van der Waals surface area (Å²) in [4.78, 5) is 37.8. The monoisotopic (exact) mass is 349 g/mol. The van der Waals surface area contributed by atoms with Crippen LogP contribution in [0.1, 0.15) is 15.9 Å². The molecule has 0 atom stereocenters. The molecule has 9 heteroatoms. The van der Waals surface area contributed by atoms with Crippen molar-refractivity contribution < 1.29 is 19.2 Å². The predicted octanol–water partition coefficient (Wildman–Crippen LogP) is 2.75. The number of hydrogen-bond donors (Lipinski definition) is 1. The molecule has 8 nitrogen and oxygen atoms in total. The van der Waals surface area contributed by atoms with Gasteiger partial charge in [0.05, 0.1) is 15.5 Å². The topological polar surface area (TPSA) is 111 Å². The molecule has 0 saturated carbocycles. The van der Waals surface area contributed by atoms with Crippen molar-refractivity contribution in [2.24, 2.45) is 0 Å². The van der Waals surface area contributed by atoms with Crippen molar-refractivity contribution in [3.8, 4) is 0 Å². The van der Waals surface area contributed by atoms with Crippen molar-refractivity contribution in [1.29, 1.82) is 0 Å². The second-order valence-electron chi connectivity index (χ2n) is 4.71. The third kappa shape index (κ3) is 4.26. The molecule has 24 heavy (non-hydrogen) atoms. The van der Waals surface area contributed by atoms with Gasteiger partial charge in [-0.25, -0.2) is 9.78 Å². The minimum absolute atomic E-state index is 0.00780.